The van der Waals surface area contributed by atoms with E-state index in [1.807, 2.05) is 6.07 Å². The molecule has 0 bridgehead atoms. The van der Waals surface area contributed by atoms with Gasteiger partial charge in [-0.2, -0.15) is 4.68 Å². The maximum Gasteiger partial charge on any atom is 0.437 e. The Morgan fingerprint density at radius 1 is 1.40 bits per heavy atom. The molecule has 0 aliphatic rings. The van der Waals surface area contributed by atoms with Crippen LogP contribution in [0, 0.1) is 11.3 Å². The first-order valence-corrected chi connectivity index (χ1v) is 6.83. The second-order valence-electron chi connectivity index (χ2n) is 6.47. The molecule has 20 heavy (non-hydrogen) atoms. The number of rotatable bonds is 4. The summed E-state index contributed by atoms with van der Waals surface area (Å²) in [4.78, 5) is 15.8. The zero-order valence-electron chi connectivity index (χ0n) is 12.5. The Bertz CT molecular complexity index is 608. The van der Waals surface area contributed by atoms with E-state index in [2.05, 4.69) is 37.8 Å². The molecule has 1 unspecified atom stereocenters. The van der Waals surface area contributed by atoms with Gasteiger partial charge in [-0.1, -0.05) is 27.7 Å². The van der Waals surface area contributed by atoms with Gasteiger partial charge in [-0.25, -0.2) is 4.79 Å². The van der Waals surface area contributed by atoms with Crippen molar-refractivity contribution in [3.05, 3.63) is 35.1 Å². The van der Waals surface area contributed by atoms with E-state index in [9.17, 15) is 4.79 Å². The van der Waals surface area contributed by atoms with Gasteiger partial charge in [0.05, 0.1) is 12.1 Å². The molecule has 2 heterocycles. The van der Waals surface area contributed by atoms with Gasteiger partial charge in [-0.15, -0.1) is 5.10 Å². The lowest BCUT2D eigenvalue weighted by molar-refractivity contribution is 0.274. The van der Waals surface area contributed by atoms with Crippen molar-refractivity contribution in [2.75, 3.05) is 0 Å². The third-order valence-electron chi connectivity index (χ3n) is 2.96. The van der Waals surface area contributed by atoms with Gasteiger partial charge >= 0.3 is 5.76 Å². The highest BCUT2D eigenvalue weighted by molar-refractivity contribution is 5.49. The van der Waals surface area contributed by atoms with Crippen LogP contribution in [-0.2, 0) is 6.54 Å². The lowest BCUT2D eigenvalue weighted by Gasteiger charge is -2.22. The predicted molar refractivity (Wildman–Crippen MR) is 77.2 cm³/mol. The number of hydrogen-bond acceptors (Lipinski definition) is 4. The summed E-state index contributed by atoms with van der Waals surface area (Å²) in [6.07, 6.45) is 4.33. The monoisotopic (exact) mass is 275 g/mol. The van der Waals surface area contributed by atoms with Gasteiger partial charge in [0.25, 0.3) is 5.89 Å². The van der Waals surface area contributed by atoms with Crippen LogP contribution in [0.5, 0.6) is 0 Å². The van der Waals surface area contributed by atoms with Gasteiger partial charge in [0.2, 0.25) is 0 Å². The molecule has 0 aliphatic heterocycles. The van der Waals surface area contributed by atoms with E-state index in [-0.39, 0.29) is 5.41 Å². The Balaban J connectivity index is 2.15. The molecule has 0 saturated carbocycles. The van der Waals surface area contributed by atoms with E-state index < -0.39 is 5.76 Å². The molecule has 0 radical (unpaired) electrons. The highest BCUT2D eigenvalue weighted by Crippen LogP contribution is 2.24. The van der Waals surface area contributed by atoms with E-state index in [0.29, 0.717) is 23.9 Å². The van der Waals surface area contributed by atoms with Gasteiger partial charge < -0.3 is 4.42 Å². The van der Waals surface area contributed by atoms with E-state index in [1.165, 1.54) is 4.68 Å². The molecule has 0 spiro atoms. The standard InChI is InChI=1S/C15H21N3O2/c1-11(8-15(2,3)4)10-18-14(19)20-13(17-18)12-6-5-7-16-9-12/h5-7,9,11H,8,10H2,1-4H3. The lowest BCUT2D eigenvalue weighted by atomic mass is 9.85. The summed E-state index contributed by atoms with van der Waals surface area (Å²) >= 11 is 0. The average molecular weight is 275 g/mol. The summed E-state index contributed by atoms with van der Waals surface area (Å²) in [7, 11) is 0. The molecular formula is C15H21N3O2. The minimum atomic E-state index is -0.412. The first kappa shape index (κ1) is 14.5. The fraction of sp³-hybridized carbons (Fsp3) is 0.533. The fourth-order valence-electron chi connectivity index (χ4n) is 2.43. The Kier molecular flexibility index (Phi) is 4.06. The highest BCUT2D eigenvalue weighted by atomic mass is 16.4. The second-order valence-corrected chi connectivity index (χ2v) is 6.47. The number of aromatic nitrogens is 3. The van der Waals surface area contributed by atoms with Crippen molar-refractivity contribution in [1.82, 2.24) is 14.8 Å². The third-order valence-corrected chi connectivity index (χ3v) is 2.96. The fourth-order valence-corrected chi connectivity index (χ4v) is 2.43. The van der Waals surface area contributed by atoms with Crippen LogP contribution < -0.4 is 5.76 Å². The van der Waals surface area contributed by atoms with Crippen LogP contribution in [0.1, 0.15) is 34.1 Å². The number of hydrogen-bond donors (Lipinski definition) is 0. The Labute approximate surface area is 118 Å². The molecule has 2 aromatic rings. The SMILES string of the molecule is CC(Cn1nc(-c2cccnc2)oc1=O)CC(C)(C)C. The quantitative estimate of drug-likeness (QED) is 0.860. The van der Waals surface area contributed by atoms with E-state index in [1.54, 1.807) is 18.5 Å². The Morgan fingerprint density at radius 3 is 2.75 bits per heavy atom. The Hall–Kier alpha value is -1.91. The van der Waals surface area contributed by atoms with E-state index >= 15 is 0 Å². The normalized spacial score (nSPS) is 13.4. The molecule has 5 nitrogen and oxygen atoms in total. The van der Waals surface area contributed by atoms with Crippen LogP contribution in [0.15, 0.2) is 33.7 Å². The minimum Gasteiger partial charge on any atom is -0.388 e. The van der Waals surface area contributed by atoms with Crippen molar-refractivity contribution in [3.8, 4) is 11.5 Å². The molecule has 0 fully saturated rings. The molecule has 0 amide bonds. The summed E-state index contributed by atoms with van der Waals surface area (Å²) in [5.74, 6) is 0.273. The maximum atomic E-state index is 11.8. The summed E-state index contributed by atoms with van der Waals surface area (Å²) in [5.41, 5.74) is 0.950. The molecular weight excluding hydrogens is 254 g/mol. The molecule has 5 heteroatoms. The van der Waals surface area contributed by atoms with Gasteiger partial charge in [0.15, 0.2) is 0 Å². The largest absolute Gasteiger partial charge is 0.437 e. The zero-order valence-corrected chi connectivity index (χ0v) is 12.5. The van der Waals surface area contributed by atoms with Crippen LogP contribution in [0.25, 0.3) is 11.5 Å². The molecule has 0 N–H and O–H groups in total. The van der Waals surface area contributed by atoms with Crippen LogP contribution in [-0.4, -0.2) is 14.8 Å². The van der Waals surface area contributed by atoms with E-state index in [0.717, 1.165) is 6.42 Å². The molecule has 0 aromatic carbocycles. The van der Waals surface area contributed by atoms with Crippen molar-refractivity contribution in [1.29, 1.82) is 0 Å². The van der Waals surface area contributed by atoms with Crippen molar-refractivity contribution < 1.29 is 4.42 Å². The first-order valence-electron chi connectivity index (χ1n) is 6.83. The van der Waals surface area contributed by atoms with E-state index in [4.69, 9.17) is 4.42 Å². The van der Waals surface area contributed by atoms with Crippen molar-refractivity contribution in [2.24, 2.45) is 11.3 Å². The van der Waals surface area contributed by atoms with Gasteiger partial charge in [0, 0.05) is 12.4 Å². The van der Waals surface area contributed by atoms with Crippen LogP contribution in [0.4, 0.5) is 0 Å². The second kappa shape index (κ2) is 5.61. The molecule has 108 valence electrons. The summed E-state index contributed by atoms with van der Waals surface area (Å²) in [6, 6.07) is 3.61. The minimum absolute atomic E-state index is 0.235. The Morgan fingerprint density at radius 2 is 2.15 bits per heavy atom. The van der Waals surface area contributed by atoms with Crippen molar-refractivity contribution >= 4 is 0 Å². The van der Waals surface area contributed by atoms with Crippen LogP contribution in [0.3, 0.4) is 0 Å². The average Bonchev–Trinajstić information content (AvgIpc) is 2.70. The van der Waals surface area contributed by atoms with Crippen LogP contribution in [0.2, 0.25) is 0 Å². The highest BCUT2D eigenvalue weighted by Gasteiger charge is 2.18. The van der Waals surface area contributed by atoms with Gasteiger partial charge in [-0.05, 0) is 29.9 Å². The summed E-state index contributed by atoms with van der Waals surface area (Å²) in [6.45, 7) is 9.26. The van der Waals surface area contributed by atoms with Crippen molar-refractivity contribution in [2.45, 2.75) is 40.7 Å². The van der Waals surface area contributed by atoms with Crippen molar-refractivity contribution in [3.63, 3.8) is 0 Å². The summed E-state index contributed by atoms with van der Waals surface area (Å²) < 4.78 is 6.59. The molecule has 1 atom stereocenters. The molecule has 0 aliphatic carbocycles. The number of pyridine rings is 1. The third kappa shape index (κ3) is 3.79. The topological polar surface area (TPSA) is 60.9 Å². The summed E-state index contributed by atoms with van der Waals surface area (Å²) in [5, 5.41) is 4.25. The number of nitrogens with zero attached hydrogens (tertiary/aromatic N) is 3. The van der Waals surface area contributed by atoms with Gasteiger partial charge in [-0.3, -0.25) is 4.98 Å². The first-order chi connectivity index (χ1) is 9.35. The molecule has 2 aromatic heterocycles. The van der Waals surface area contributed by atoms with Gasteiger partial charge in [0.1, 0.15) is 0 Å². The van der Waals surface area contributed by atoms with Crippen LogP contribution >= 0.6 is 0 Å². The predicted octanol–water partition coefficient (Wildman–Crippen LogP) is 2.97. The zero-order chi connectivity index (χ0) is 14.8. The molecule has 2 rings (SSSR count). The maximum absolute atomic E-state index is 11.8. The smallest absolute Gasteiger partial charge is 0.388 e. The lowest BCUT2D eigenvalue weighted by Crippen LogP contribution is -2.22. The molecule has 0 saturated heterocycles.